The molecule has 1 saturated heterocycles. The number of fused-ring (bicyclic) bond motifs is 1. The SMILES string of the molecule is CCCCCC(=O)N1CCc2nc(-c3ccccc3)nc(N3CCC(C)CC3)c2C1. The summed E-state index contributed by atoms with van der Waals surface area (Å²) in [7, 11) is 0. The maximum Gasteiger partial charge on any atom is 0.222 e. The van der Waals surface area contributed by atoms with Crippen molar-refractivity contribution in [2.45, 2.75) is 65.3 Å². The van der Waals surface area contributed by atoms with Crippen molar-refractivity contribution >= 4 is 11.7 Å². The fraction of sp³-hybridized carbons (Fsp3) is 0.560. The van der Waals surface area contributed by atoms with E-state index in [-0.39, 0.29) is 5.91 Å². The molecule has 4 rings (SSSR count). The Morgan fingerprint density at radius 2 is 1.83 bits per heavy atom. The monoisotopic (exact) mass is 406 g/mol. The molecule has 0 N–H and O–H groups in total. The highest BCUT2D eigenvalue weighted by Gasteiger charge is 2.29. The number of nitrogens with zero attached hydrogens (tertiary/aromatic N) is 4. The van der Waals surface area contributed by atoms with Gasteiger partial charge in [-0.05, 0) is 25.2 Å². The number of piperidine rings is 1. The van der Waals surface area contributed by atoms with Gasteiger partial charge in [0.2, 0.25) is 5.91 Å². The van der Waals surface area contributed by atoms with Gasteiger partial charge in [0, 0.05) is 43.6 Å². The van der Waals surface area contributed by atoms with Crippen molar-refractivity contribution in [1.82, 2.24) is 14.9 Å². The van der Waals surface area contributed by atoms with Gasteiger partial charge in [0.1, 0.15) is 5.82 Å². The van der Waals surface area contributed by atoms with Crippen LogP contribution in [-0.4, -0.2) is 40.4 Å². The molecule has 5 nitrogen and oxygen atoms in total. The number of anilines is 1. The molecule has 1 aromatic heterocycles. The first kappa shape index (κ1) is 20.8. The standard InChI is InChI=1S/C25H34N4O/c1-3-4-6-11-23(30)29-17-14-22-21(18-29)25(28-15-12-19(2)13-16-28)27-24(26-22)20-9-7-5-8-10-20/h5,7-10,19H,3-4,6,11-18H2,1-2H3. The molecule has 0 bridgehead atoms. The Labute approximate surface area is 180 Å². The third-order valence-corrected chi connectivity index (χ3v) is 6.50. The van der Waals surface area contributed by atoms with Crippen LogP contribution in [0.1, 0.15) is 63.6 Å². The second-order valence-electron chi connectivity index (χ2n) is 8.85. The summed E-state index contributed by atoms with van der Waals surface area (Å²) in [6.45, 7) is 7.98. The minimum atomic E-state index is 0.277. The summed E-state index contributed by atoms with van der Waals surface area (Å²) in [5, 5.41) is 0. The van der Waals surface area contributed by atoms with E-state index in [1.54, 1.807) is 0 Å². The van der Waals surface area contributed by atoms with Crippen molar-refractivity contribution in [3.63, 3.8) is 0 Å². The highest BCUT2D eigenvalue weighted by Crippen LogP contribution is 2.32. The van der Waals surface area contributed by atoms with Crippen LogP contribution < -0.4 is 4.90 Å². The Hall–Kier alpha value is -2.43. The van der Waals surface area contributed by atoms with Crippen LogP contribution in [0.15, 0.2) is 30.3 Å². The number of carbonyl (C=O) groups excluding carboxylic acids is 1. The number of carbonyl (C=O) groups is 1. The zero-order valence-corrected chi connectivity index (χ0v) is 18.4. The van der Waals surface area contributed by atoms with Crippen molar-refractivity contribution in [2.75, 3.05) is 24.5 Å². The van der Waals surface area contributed by atoms with Crippen LogP contribution in [-0.2, 0) is 17.8 Å². The molecular weight excluding hydrogens is 372 g/mol. The molecule has 0 saturated carbocycles. The van der Waals surface area contributed by atoms with E-state index in [1.807, 2.05) is 23.1 Å². The van der Waals surface area contributed by atoms with Crippen molar-refractivity contribution in [1.29, 1.82) is 0 Å². The zero-order chi connectivity index (χ0) is 20.9. The molecule has 2 aliphatic heterocycles. The van der Waals surface area contributed by atoms with Crippen molar-refractivity contribution in [3.8, 4) is 11.4 Å². The predicted octanol–water partition coefficient (Wildman–Crippen LogP) is 4.84. The molecule has 30 heavy (non-hydrogen) atoms. The molecule has 1 amide bonds. The van der Waals surface area contributed by atoms with Crippen LogP contribution in [0.3, 0.4) is 0 Å². The van der Waals surface area contributed by atoms with Gasteiger partial charge in [-0.25, -0.2) is 9.97 Å². The summed E-state index contributed by atoms with van der Waals surface area (Å²) in [6.07, 6.45) is 7.11. The van der Waals surface area contributed by atoms with Crippen LogP contribution in [0, 0.1) is 5.92 Å². The van der Waals surface area contributed by atoms with E-state index in [0.29, 0.717) is 13.0 Å². The minimum Gasteiger partial charge on any atom is -0.356 e. The molecule has 2 aromatic rings. The average molecular weight is 407 g/mol. The second kappa shape index (κ2) is 9.59. The van der Waals surface area contributed by atoms with Crippen LogP contribution in [0.4, 0.5) is 5.82 Å². The van der Waals surface area contributed by atoms with E-state index in [4.69, 9.17) is 9.97 Å². The molecule has 0 atom stereocenters. The number of benzene rings is 1. The molecular formula is C25H34N4O. The van der Waals surface area contributed by atoms with E-state index in [0.717, 1.165) is 74.1 Å². The summed E-state index contributed by atoms with van der Waals surface area (Å²) in [6, 6.07) is 10.3. The van der Waals surface area contributed by atoms with Crippen molar-refractivity contribution in [2.24, 2.45) is 5.92 Å². The molecule has 5 heteroatoms. The normalized spacial score (nSPS) is 17.1. The van der Waals surface area contributed by atoms with Gasteiger partial charge in [-0.3, -0.25) is 4.79 Å². The highest BCUT2D eigenvalue weighted by molar-refractivity contribution is 5.77. The zero-order valence-electron chi connectivity index (χ0n) is 18.4. The molecule has 0 spiro atoms. The van der Waals surface area contributed by atoms with Gasteiger partial charge < -0.3 is 9.80 Å². The van der Waals surface area contributed by atoms with Crippen molar-refractivity contribution < 1.29 is 4.79 Å². The van der Waals surface area contributed by atoms with E-state index >= 15 is 0 Å². The molecule has 0 unspecified atom stereocenters. The van der Waals surface area contributed by atoms with Gasteiger partial charge in [0.25, 0.3) is 0 Å². The smallest absolute Gasteiger partial charge is 0.222 e. The fourth-order valence-electron chi connectivity index (χ4n) is 4.49. The Balaban J connectivity index is 1.64. The third-order valence-electron chi connectivity index (χ3n) is 6.50. The predicted molar refractivity (Wildman–Crippen MR) is 121 cm³/mol. The van der Waals surface area contributed by atoms with Crippen LogP contribution in [0.5, 0.6) is 0 Å². The fourth-order valence-corrected chi connectivity index (χ4v) is 4.49. The summed E-state index contributed by atoms with van der Waals surface area (Å²) < 4.78 is 0. The molecule has 1 fully saturated rings. The van der Waals surface area contributed by atoms with Gasteiger partial charge in [-0.15, -0.1) is 0 Å². The summed E-state index contributed by atoms with van der Waals surface area (Å²) in [5.74, 6) is 2.91. The van der Waals surface area contributed by atoms with Crippen LogP contribution in [0.25, 0.3) is 11.4 Å². The Morgan fingerprint density at radius 3 is 2.57 bits per heavy atom. The maximum absolute atomic E-state index is 12.8. The maximum atomic E-state index is 12.8. The van der Waals surface area contributed by atoms with Gasteiger partial charge >= 0.3 is 0 Å². The molecule has 3 heterocycles. The average Bonchev–Trinajstić information content (AvgIpc) is 2.79. The Bertz CT molecular complexity index is 859. The third kappa shape index (κ3) is 4.66. The highest BCUT2D eigenvalue weighted by atomic mass is 16.2. The Kier molecular flexibility index (Phi) is 6.66. The molecule has 160 valence electrons. The quantitative estimate of drug-likeness (QED) is 0.644. The lowest BCUT2D eigenvalue weighted by Gasteiger charge is -2.36. The van der Waals surface area contributed by atoms with Gasteiger partial charge in [-0.2, -0.15) is 0 Å². The number of hydrogen-bond donors (Lipinski definition) is 0. The second-order valence-corrected chi connectivity index (χ2v) is 8.85. The largest absolute Gasteiger partial charge is 0.356 e. The van der Waals surface area contributed by atoms with Crippen LogP contribution in [0.2, 0.25) is 0 Å². The summed E-state index contributed by atoms with van der Waals surface area (Å²) in [5.41, 5.74) is 3.35. The van der Waals surface area contributed by atoms with E-state index in [9.17, 15) is 4.79 Å². The lowest BCUT2D eigenvalue weighted by Crippen LogP contribution is -2.39. The van der Waals surface area contributed by atoms with Crippen LogP contribution >= 0.6 is 0 Å². The lowest BCUT2D eigenvalue weighted by molar-refractivity contribution is -0.132. The number of amides is 1. The van der Waals surface area contributed by atoms with E-state index in [1.165, 1.54) is 18.4 Å². The van der Waals surface area contributed by atoms with Gasteiger partial charge in [-0.1, -0.05) is 57.0 Å². The van der Waals surface area contributed by atoms with E-state index < -0.39 is 0 Å². The molecule has 0 radical (unpaired) electrons. The first-order chi connectivity index (χ1) is 14.7. The van der Waals surface area contributed by atoms with Gasteiger partial charge in [0.05, 0.1) is 12.2 Å². The summed E-state index contributed by atoms with van der Waals surface area (Å²) in [4.78, 5) is 27.2. The topological polar surface area (TPSA) is 49.3 Å². The van der Waals surface area contributed by atoms with E-state index in [2.05, 4.69) is 30.9 Å². The molecule has 1 aromatic carbocycles. The first-order valence-corrected chi connectivity index (χ1v) is 11.6. The number of aromatic nitrogens is 2. The summed E-state index contributed by atoms with van der Waals surface area (Å²) >= 11 is 0. The first-order valence-electron chi connectivity index (χ1n) is 11.6. The minimum absolute atomic E-state index is 0.277. The number of unbranched alkanes of at least 4 members (excludes halogenated alkanes) is 2. The molecule has 2 aliphatic rings. The van der Waals surface area contributed by atoms with Gasteiger partial charge in [0.15, 0.2) is 5.82 Å². The Morgan fingerprint density at radius 1 is 1.07 bits per heavy atom. The molecule has 0 aliphatic carbocycles. The number of hydrogen-bond acceptors (Lipinski definition) is 4. The van der Waals surface area contributed by atoms with Crippen molar-refractivity contribution in [3.05, 3.63) is 41.6 Å². The number of rotatable bonds is 6. The lowest BCUT2D eigenvalue weighted by atomic mass is 9.97.